The highest BCUT2D eigenvalue weighted by Gasteiger charge is 2.33. The Bertz CT molecular complexity index is 1490. The average Bonchev–Trinajstić information content (AvgIpc) is 3.32. The summed E-state index contributed by atoms with van der Waals surface area (Å²) in [4.78, 5) is 19.2. The largest absolute Gasteiger partial charge is 0.433 e. The molecule has 0 spiro atoms. The molecule has 0 aliphatic carbocycles. The van der Waals surface area contributed by atoms with Crippen LogP contribution in [0.3, 0.4) is 0 Å². The molecule has 0 aliphatic heterocycles. The smallest absolute Gasteiger partial charge is 0.369 e. The van der Waals surface area contributed by atoms with Gasteiger partial charge in [-0.3, -0.25) is 13.7 Å². The van der Waals surface area contributed by atoms with Crippen LogP contribution in [0.5, 0.6) is 0 Å². The molecule has 0 saturated carbocycles. The first-order valence-electron chi connectivity index (χ1n) is 11.0. The number of hydrogen-bond donors (Lipinski definition) is 3. The van der Waals surface area contributed by atoms with Crippen LogP contribution in [0.2, 0.25) is 0 Å². The first-order chi connectivity index (χ1) is 17.5. The van der Waals surface area contributed by atoms with Crippen LogP contribution in [-0.2, 0) is 28.7 Å². The van der Waals surface area contributed by atoms with E-state index in [0.717, 1.165) is 22.0 Å². The average molecular weight is 535 g/mol. The fourth-order valence-corrected chi connectivity index (χ4v) is 4.54. The lowest BCUT2D eigenvalue weighted by Gasteiger charge is -2.19. The van der Waals surface area contributed by atoms with Crippen molar-refractivity contribution in [3.63, 3.8) is 0 Å². The third-order valence-electron chi connectivity index (χ3n) is 6.11. The number of benzene rings is 2. The van der Waals surface area contributed by atoms with Crippen molar-refractivity contribution in [2.45, 2.75) is 24.9 Å². The van der Waals surface area contributed by atoms with Crippen LogP contribution in [-0.4, -0.2) is 31.7 Å². The zero-order chi connectivity index (χ0) is 26.9. The van der Waals surface area contributed by atoms with Crippen molar-refractivity contribution in [1.29, 1.82) is 0 Å². The maximum atomic E-state index is 14.6. The first-order valence-corrected chi connectivity index (χ1v) is 12.1. The standard InChI is InChI=1S/C25H22F4N4O3S/c1-33(37(35)36)21-9-6-15(13-19(21)26)16(24(30)34)8-5-14-7-10-22(25(27,28)29)32-23(14)18-3-2-4-20-17(18)11-12-31-20/h2-4,6-7,9-13,16,31H,5,8H2,1H3,(H2,30,34)(H,35,36). The number of fused-ring (bicyclic) bond motifs is 1. The number of pyridine rings is 1. The van der Waals surface area contributed by atoms with Gasteiger partial charge in [-0.2, -0.15) is 13.2 Å². The van der Waals surface area contributed by atoms with E-state index in [9.17, 15) is 31.1 Å². The first kappa shape index (κ1) is 26.3. The Morgan fingerprint density at radius 1 is 1.19 bits per heavy atom. The van der Waals surface area contributed by atoms with E-state index in [1.54, 1.807) is 30.5 Å². The number of rotatable bonds is 8. The number of nitrogens with zero attached hydrogens (tertiary/aromatic N) is 2. The molecule has 7 nitrogen and oxygen atoms in total. The Kier molecular flexibility index (Phi) is 7.32. The summed E-state index contributed by atoms with van der Waals surface area (Å²) in [6.07, 6.45) is -2.79. The van der Waals surface area contributed by atoms with Gasteiger partial charge in [0.05, 0.1) is 17.3 Å². The second kappa shape index (κ2) is 10.3. The Morgan fingerprint density at radius 2 is 1.95 bits per heavy atom. The van der Waals surface area contributed by atoms with Gasteiger partial charge in [0.25, 0.3) is 11.3 Å². The van der Waals surface area contributed by atoms with Gasteiger partial charge < -0.3 is 10.7 Å². The second-order valence-corrected chi connectivity index (χ2v) is 9.39. The molecule has 12 heteroatoms. The van der Waals surface area contributed by atoms with E-state index < -0.39 is 40.8 Å². The van der Waals surface area contributed by atoms with Gasteiger partial charge >= 0.3 is 6.18 Å². The summed E-state index contributed by atoms with van der Waals surface area (Å²) in [6.45, 7) is 0. The number of hydrogen-bond acceptors (Lipinski definition) is 3. The molecule has 2 heterocycles. The van der Waals surface area contributed by atoms with E-state index in [-0.39, 0.29) is 29.8 Å². The highest BCUT2D eigenvalue weighted by molar-refractivity contribution is 7.80. The highest BCUT2D eigenvalue weighted by atomic mass is 32.2. The minimum absolute atomic E-state index is 0.0685. The number of nitrogens with two attached hydrogens (primary N) is 1. The maximum Gasteiger partial charge on any atom is 0.433 e. The van der Waals surface area contributed by atoms with Crippen molar-refractivity contribution in [3.05, 3.63) is 83.4 Å². The molecule has 1 amide bonds. The Hall–Kier alpha value is -3.77. The molecule has 2 aromatic heterocycles. The van der Waals surface area contributed by atoms with E-state index in [2.05, 4.69) is 9.97 Å². The molecule has 37 heavy (non-hydrogen) atoms. The fraction of sp³-hybridized carbons (Fsp3) is 0.200. The van der Waals surface area contributed by atoms with Gasteiger partial charge in [-0.15, -0.1) is 0 Å². The molecular weight excluding hydrogens is 512 g/mol. The zero-order valence-electron chi connectivity index (χ0n) is 19.4. The Morgan fingerprint density at radius 3 is 2.59 bits per heavy atom. The number of amides is 1. The van der Waals surface area contributed by atoms with Crippen molar-refractivity contribution < 1.29 is 31.1 Å². The lowest BCUT2D eigenvalue weighted by atomic mass is 9.90. The Balaban J connectivity index is 1.70. The van der Waals surface area contributed by atoms with E-state index in [1.807, 2.05) is 0 Å². The molecule has 0 saturated heterocycles. The molecule has 194 valence electrons. The van der Waals surface area contributed by atoms with Crippen molar-refractivity contribution in [2.75, 3.05) is 11.4 Å². The van der Waals surface area contributed by atoms with E-state index in [4.69, 9.17) is 5.73 Å². The number of aromatic nitrogens is 2. The lowest BCUT2D eigenvalue weighted by Crippen LogP contribution is -2.23. The summed E-state index contributed by atoms with van der Waals surface area (Å²) in [7, 11) is 1.23. The van der Waals surface area contributed by atoms with Gasteiger partial charge in [0, 0.05) is 29.7 Å². The molecule has 2 unspecified atom stereocenters. The topological polar surface area (TPSA) is 112 Å². The highest BCUT2D eigenvalue weighted by Crippen LogP contribution is 2.35. The summed E-state index contributed by atoms with van der Waals surface area (Å²) >= 11 is -2.45. The molecule has 4 aromatic rings. The number of halogens is 4. The van der Waals surface area contributed by atoms with Gasteiger partial charge in [0.1, 0.15) is 11.5 Å². The van der Waals surface area contributed by atoms with Crippen LogP contribution in [0.15, 0.2) is 60.8 Å². The maximum absolute atomic E-state index is 14.6. The van der Waals surface area contributed by atoms with Crippen molar-refractivity contribution >= 4 is 33.8 Å². The zero-order valence-corrected chi connectivity index (χ0v) is 20.2. The van der Waals surface area contributed by atoms with Crippen LogP contribution in [0.1, 0.15) is 29.2 Å². The summed E-state index contributed by atoms with van der Waals surface area (Å²) in [5, 5.41) is 0.685. The van der Waals surface area contributed by atoms with E-state index in [0.29, 0.717) is 16.5 Å². The van der Waals surface area contributed by atoms with Gasteiger partial charge in [0.15, 0.2) is 0 Å². The summed E-state index contributed by atoms with van der Waals surface area (Å²) in [5.74, 6) is -2.54. The molecular formula is C25H22F4N4O3S. The molecule has 2 atom stereocenters. The van der Waals surface area contributed by atoms with Gasteiger partial charge in [0.2, 0.25) is 5.91 Å². The van der Waals surface area contributed by atoms with Crippen molar-refractivity contribution in [2.24, 2.45) is 5.73 Å². The quantitative estimate of drug-likeness (QED) is 0.214. The summed E-state index contributed by atoms with van der Waals surface area (Å²) in [5.41, 5.74) is 6.42. The molecule has 0 aliphatic rings. The number of anilines is 1. The minimum Gasteiger partial charge on any atom is -0.369 e. The van der Waals surface area contributed by atoms with Crippen LogP contribution in [0.25, 0.3) is 22.2 Å². The molecule has 0 fully saturated rings. The van der Waals surface area contributed by atoms with Crippen LogP contribution >= 0.6 is 0 Å². The van der Waals surface area contributed by atoms with Crippen LogP contribution < -0.4 is 10.0 Å². The normalized spacial score (nSPS) is 13.5. The summed E-state index contributed by atoms with van der Waals surface area (Å²) < 4.78 is 76.4. The number of alkyl halides is 3. The number of carbonyl (C=O) groups is 1. The van der Waals surface area contributed by atoms with Gasteiger partial charge in [-0.1, -0.05) is 24.3 Å². The third-order valence-corrected chi connectivity index (χ3v) is 6.78. The van der Waals surface area contributed by atoms with Crippen LogP contribution in [0.4, 0.5) is 23.2 Å². The lowest BCUT2D eigenvalue weighted by molar-refractivity contribution is -0.141. The molecule has 0 radical (unpaired) electrons. The van der Waals surface area contributed by atoms with Gasteiger partial charge in [-0.25, -0.2) is 13.6 Å². The second-order valence-electron chi connectivity index (χ2n) is 8.38. The van der Waals surface area contributed by atoms with Gasteiger partial charge in [-0.05, 0) is 54.3 Å². The van der Waals surface area contributed by atoms with Crippen molar-refractivity contribution in [1.82, 2.24) is 9.97 Å². The van der Waals surface area contributed by atoms with Crippen molar-refractivity contribution in [3.8, 4) is 11.3 Å². The molecule has 2 aromatic carbocycles. The Labute approximate surface area is 211 Å². The molecule has 4 N–H and O–H groups in total. The molecule has 4 rings (SSSR count). The number of carbonyl (C=O) groups excluding carboxylic acids is 1. The number of H-pyrrole nitrogens is 1. The fourth-order valence-electron chi connectivity index (χ4n) is 4.23. The minimum atomic E-state index is -4.65. The molecule has 0 bridgehead atoms. The van der Waals surface area contributed by atoms with E-state index in [1.165, 1.54) is 25.2 Å². The van der Waals surface area contributed by atoms with Crippen LogP contribution in [0, 0.1) is 5.82 Å². The predicted octanol–water partition coefficient (Wildman–Crippen LogP) is 5.16. The number of aromatic amines is 1. The monoisotopic (exact) mass is 534 g/mol. The summed E-state index contributed by atoms with van der Waals surface area (Å²) in [6, 6.07) is 12.8. The van der Waals surface area contributed by atoms with E-state index >= 15 is 0 Å². The number of primary amides is 1. The predicted molar refractivity (Wildman–Crippen MR) is 132 cm³/mol. The SMILES string of the molecule is CN(c1ccc(C(CCc2ccc(C(F)(F)F)nc2-c2cccc3[nH]ccc23)C(N)=O)cc1F)S(=O)O. The number of nitrogens with one attached hydrogen (secondary N) is 1. The third kappa shape index (κ3) is 5.49. The number of aryl methyl sites for hydroxylation is 1.